The van der Waals surface area contributed by atoms with E-state index in [2.05, 4.69) is 5.32 Å². The van der Waals surface area contributed by atoms with Crippen LogP contribution in [-0.2, 0) is 20.3 Å². The van der Waals surface area contributed by atoms with Crippen LogP contribution in [0.3, 0.4) is 0 Å². The highest BCUT2D eigenvalue weighted by atomic mass is 32.2. The molecule has 1 aliphatic heterocycles. The fraction of sp³-hybridized carbons (Fsp3) is 0.500. The Hall–Kier alpha value is -3.14. The van der Waals surface area contributed by atoms with Gasteiger partial charge >= 0.3 is 6.09 Å². The quantitative estimate of drug-likeness (QED) is 0.397. The molecular formula is C26H35N3O6S. The first kappa shape index (κ1) is 27.4. The standard InChI is InChI=1S/C26H35N3O6S/c1-18(2)19-6-9-23(10-7-19)36(33,34)17-20-16-22(8-11-24(20)29(31)32)28-14-12-21(13-15-28)27-25(30)35-26(3,4)5/h6-11,16,18,21H,12-15,17H2,1-5H3,(H,27,30). The van der Waals surface area contributed by atoms with Crippen LogP contribution in [-0.4, -0.2) is 44.2 Å². The van der Waals surface area contributed by atoms with Crippen molar-refractivity contribution >= 4 is 27.3 Å². The maximum Gasteiger partial charge on any atom is 0.407 e. The summed E-state index contributed by atoms with van der Waals surface area (Å²) in [6, 6.07) is 11.2. The molecule has 1 saturated heterocycles. The van der Waals surface area contributed by atoms with Gasteiger partial charge in [-0.25, -0.2) is 13.2 Å². The third-order valence-corrected chi connectivity index (χ3v) is 7.77. The number of sulfone groups is 1. The van der Waals surface area contributed by atoms with Crippen LogP contribution in [0.1, 0.15) is 64.5 Å². The number of benzene rings is 2. The van der Waals surface area contributed by atoms with Crippen molar-refractivity contribution in [2.24, 2.45) is 0 Å². The average molecular weight is 518 g/mol. The molecule has 0 aliphatic carbocycles. The van der Waals surface area contributed by atoms with Crippen LogP contribution in [0.2, 0.25) is 0 Å². The van der Waals surface area contributed by atoms with Crippen LogP contribution >= 0.6 is 0 Å². The minimum absolute atomic E-state index is 0.0391. The summed E-state index contributed by atoms with van der Waals surface area (Å²) in [4.78, 5) is 25.3. The lowest BCUT2D eigenvalue weighted by atomic mass is 10.0. The Labute approximate surface area is 212 Å². The SMILES string of the molecule is CC(C)c1ccc(S(=O)(=O)Cc2cc(N3CCC(NC(=O)OC(C)(C)C)CC3)ccc2[N+](=O)[O-])cc1. The zero-order valence-electron chi connectivity index (χ0n) is 21.5. The Balaban J connectivity index is 1.74. The second-order valence-corrected chi connectivity index (χ2v) is 12.5. The fourth-order valence-corrected chi connectivity index (χ4v) is 5.52. The summed E-state index contributed by atoms with van der Waals surface area (Å²) in [5, 5.41) is 14.5. The van der Waals surface area contributed by atoms with Gasteiger partial charge in [0.1, 0.15) is 5.60 Å². The van der Waals surface area contributed by atoms with Gasteiger partial charge in [0.15, 0.2) is 9.84 Å². The summed E-state index contributed by atoms with van der Waals surface area (Å²) >= 11 is 0. The molecule has 0 atom stereocenters. The summed E-state index contributed by atoms with van der Waals surface area (Å²) in [5.74, 6) is -0.197. The fourth-order valence-electron chi connectivity index (χ4n) is 4.17. The van der Waals surface area contributed by atoms with Crippen molar-refractivity contribution in [3.8, 4) is 0 Å². The minimum atomic E-state index is -3.78. The molecule has 0 radical (unpaired) electrons. The number of carbonyl (C=O) groups excluding carboxylic acids is 1. The number of piperidine rings is 1. The Morgan fingerprint density at radius 3 is 2.28 bits per heavy atom. The molecule has 1 fully saturated rings. The van der Waals surface area contributed by atoms with Gasteiger partial charge < -0.3 is 15.0 Å². The van der Waals surface area contributed by atoms with E-state index in [4.69, 9.17) is 4.74 Å². The van der Waals surface area contributed by atoms with Crippen molar-refractivity contribution in [1.29, 1.82) is 0 Å². The number of anilines is 1. The summed E-state index contributed by atoms with van der Waals surface area (Å²) in [7, 11) is -3.78. The number of rotatable bonds is 7. The van der Waals surface area contributed by atoms with E-state index in [1.54, 1.807) is 36.4 Å². The van der Waals surface area contributed by atoms with Crippen LogP contribution in [0.15, 0.2) is 47.4 Å². The molecule has 3 rings (SSSR count). The van der Waals surface area contributed by atoms with Gasteiger partial charge in [-0.15, -0.1) is 0 Å². The number of carbonyl (C=O) groups is 1. The Kier molecular flexibility index (Phi) is 8.28. The van der Waals surface area contributed by atoms with E-state index in [1.165, 1.54) is 6.07 Å². The van der Waals surface area contributed by atoms with Gasteiger partial charge in [0.05, 0.1) is 15.6 Å². The van der Waals surface area contributed by atoms with E-state index in [-0.39, 0.29) is 28.1 Å². The number of hydrogen-bond donors (Lipinski definition) is 1. The largest absolute Gasteiger partial charge is 0.444 e. The molecule has 0 unspecified atom stereocenters. The molecule has 1 aliphatic rings. The predicted molar refractivity (Wildman–Crippen MR) is 139 cm³/mol. The summed E-state index contributed by atoms with van der Waals surface area (Å²) in [5.41, 5.74) is 1.10. The normalized spacial score (nSPS) is 15.1. The highest BCUT2D eigenvalue weighted by Crippen LogP contribution is 2.30. The molecule has 9 nitrogen and oxygen atoms in total. The van der Waals surface area contributed by atoms with E-state index in [0.29, 0.717) is 25.9 Å². The lowest BCUT2D eigenvalue weighted by molar-refractivity contribution is -0.385. The molecule has 0 bridgehead atoms. The first-order valence-electron chi connectivity index (χ1n) is 12.1. The van der Waals surface area contributed by atoms with Crippen LogP contribution in [0.4, 0.5) is 16.2 Å². The average Bonchev–Trinajstić information content (AvgIpc) is 2.78. The minimum Gasteiger partial charge on any atom is -0.444 e. The number of ether oxygens (including phenoxy) is 1. The van der Waals surface area contributed by atoms with E-state index < -0.39 is 32.2 Å². The Morgan fingerprint density at radius 1 is 1.14 bits per heavy atom. The zero-order valence-corrected chi connectivity index (χ0v) is 22.3. The van der Waals surface area contributed by atoms with Gasteiger partial charge in [-0.1, -0.05) is 26.0 Å². The summed E-state index contributed by atoms with van der Waals surface area (Å²) < 4.78 is 31.5. The Morgan fingerprint density at radius 2 is 1.75 bits per heavy atom. The molecule has 10 heteroatoms. The molecule has 0 saturated carbocycles. The van der Waals surface area contributed by atoms with Crippen LogP contribution in [0.5, 0.6) is 0 Å². The monoisotopic (exact) mass is 517 g/mol. The molecule has 36 heavy (non-hydrogen) atoms. The van der Waals surface area contributed by atoms with Crippen LogP contribution < -0.4 is 10.2 Å². The number of nitro benzene ring substituents is 1. The molecule has 0 aromatic heterocycles. The van der Waals surface area contributed by atoms with Gasteiger partial charge in [-0.3, -0.25) is 10.1 Å². The van der Waals surface area contributed by atoms with E-state index >= 15 is 0 Å². The number of amides is 1. The predicted octanol–water partition coefficient (Wildman–Crippen LogP) is 5.19. The number of alkyl carbamates (subject to hydrolysis) is 1. The third kappa shape index (κ3) is 7.19. The van der Waals surface area contributed by atoms with Gasteiger partial charge in [0.2, 0.25) is 0 Å². The summed E-state index contributed by atoms with van der Waals surface area (Å²) in [6.45, 7) is 10.7. The van der Waals surface area contributed by atoms with Gasteiger partial charge in [-0.05, 0) is 69.4 Å². The van der Waals surface area contributed by atoms with Crippen LogP contribution in [0, 0.1) is 10.1 Å². The van der Waals surface area contributed by atoms with E-state index in [0.717, 1.165) is 11.3 Å². The lowest BCUT2D eigenvalue weighted by Crippen LogP contribution is -2.46. The van der Waals surface area contributed by atoms with Crippen molar-refractivity contribution < 1.29 is 22.9 Å². The smallest absolute Gasteiger partial charge is 0.407 e. The number of nitro groups is 1. The highest BCUT2D eigenvalue weighted by Gasteiger charge is 2.27. The van der Waals surface area contributed by atoms with Crippen molar-refractivity contribution in [2.45, 2.75) is 75.7 Å². The first-order valence-corrected chi connectivity index (χ1v) is 13.7. The van der Waals surface area contributed by atoms with E-state index in [9.17, 15) is 23.3 Å². The molecule has 196 valence electrons. The van der Waals surface area contributed by atoms with Crippen molar-refractivity contribution in [1.82, 2.24) is 5.32 Å². The van der Waals surface area contributed by atoms with Crippen molar-refractivity contribution in [2.75, 3.05) is 18.0 Å². The van der Waals surface area contributed by atoms with E-state index in [1.807, 2.05) is 39.5 Å². The van der Waals surface area contributed by atoms with Gasteiger partial charge in [0, 0.05) is 36.4 Å². The number of hydrogen-bond acceptors (Lipinski definition) is 7. The summed E-state index contributed by atoms with van der Waals surface area (Å²) in [6.07, 6.45) is 0.892. The van der Waals surface area contributed by atoms with Gasteiger partial charge in [-0.2, -0.15) is 0 Å². The van der Waals surface area contributed by atoms with Crippen molar-refractivity contribution in [3.63, 3.8) is 0 Å². The number of nitrogens with zero attached hydrogens (tertiary/aromatic N) is 2. The molecule has 2 aromatic rings. The second kappa shape index (κ2) is 10.9. The first-order chi connectivity index (χ1) is 16.7. The molecule has 1 amide bonds. The van der Waals surface area contributed by atoms with Crippen molar-refractivity contribution in [3.05, 3.63) is 63.7 Å². The topological polar surface area (TPSA) is 119 Å². The highest BCUT2D eigenvalue weighted by molar-refractivity contribution is 7.90. The molecule has 1 N–H and O–H groups in total. The maximum absolute atomic E-state index is 13.1. The van der Waals surface area contributed by atoms with Crippen LogP contribution in [0.25, 0.3) is 0 Å². The Bertz CT molecular complexity index is 1200. The molecule has 1 heterocycles. The number of nitrogens with one attached hydrogen (secondary N) is 1. The lowest BCUT2D eigenvalue weighted by Gasteiger charge is -2.34. The molecule has 2 aromatic carbocycles. The maximum atomic E-state index is 13.1. The zero-order chi connectivity index (χ0) is 26.7. The molecule has 0 spiro atoms. The molecular weight excluding hydrogens is 482 g/mol. The van der Waals surface area contributed by atoms with Gasteiger partial charge in [0.25, 0.3) is 5.69 Å². The third-order valence-electron chi connectivity index (χ3n) is 6.09. The second-order valence-electron chi connectivity index (χ2n) is 10.5.